The number of fused-ring (bicyclic) bond motifs is 1. The number of para-hydroxylation sites is 1. The van der Waals surface area contributed by atoms with Gasteiger partial charge in [-0.25, -0.2) is 4.98 Å². The lowest BCUT2D eigenvalue weighted by Gasteiger charge is -2.16. The number of amides is 2. The molecule has 0 aliphatic carbocycles. The summed E-state index contributed by atoms with van der Waals surface area (Å²) in [4.78, 5) is 30.2. The van der Waals surface area contributed by atoms with Crippen molar-refractivity contribution in [1.82, 2.24) is 4.98 Å². The molecule has 0 atom stereocenters. The zero-order valence-corrected chi connectivity index (χ0v) is 15.6. The lowest BCUT2D eigenvalue weighted by molar-refractivity contribution is -0.117. The standard InChI is InChI=1S/C19H17N3O2S2/c23-17(12-25-19-21-15-4-1-2-5-16(15)26-19)20-13-7-9-14(10-8-13)22-11-3-6-18(22)24/h1-2,4-5,7-10H,3,6,11-12H2,(H,20,23). The number of hydrogen-bond acceptors (Lipinski definition) is 5. The minimum Gasteiger partial charge on any atom is -0.325 e. The number of anilines is 2. The van der Waals surface area contributed by atoms with Crippen LogP contribution in [-0.2, 0) is 9.59 Å². The number of benzene rings is 2. The monoisotopic (exact) mass is 383 g/mol. The van der Waals surface area contributed by atoms with E-state index in [1.165, 1.54) is 11.8 Å². The highest BCUT2D eigenvalue weighted by Crippen LogP contribution is 2.29. The van der Waals surface area contributed by atoms with Gasteiger partial charge in [0.2, 0.25) is 11.8 Å². The van der Waals surface area contributed by atoms with Gasteiger partial charge in [0, 0.05) is 24.3 Å². The normalized spacial score (nSPS) is 14.2. The summed E-state index contributed by atoms with van der Waals surface area (Å²) in [6, 6.07) is 15.4. The highest BCUT2D eigenvalue weighted by atomic mass is 32.2. The number of aromatic nitrogens is 1. The van der Waals surface area contributed by atoms with Crippen molar-refractivity contribution in [3.8, 4) is 0 Å². The molecule has 2 amide bonds. The lowest BCUT2D eigenvalue weighted by atomic mass is 10.2. The van der Waals surface area contributed by atoms with Crippen molar-refractivity contribution >= 4 is 56.5 Å². The molecule has 0 spiro atoms. The fraction of sp³-hybridized carbons (Fsp3) is 0.211. The molecule has 1 saturated heterocycles. The van der Waals surface area contributed by atoms with E-state index in [2.05, 4.69) is 10.3 Å². The van der Waals surface area contributed by atoms with Crippen molar-refractivity contribution < 1.29 is 9.59 Å². The number of carbonyl (C=O) groups excluding carboxylic acids is 2. The molecule has 1 aliphatic rings. The summed E-state index contributed by atoms with van der Waals surface area (Å²) < 4.78 is 2.02. The van der Waals surface area contributed by atoms with E-state index >= 15 is 0 Å². The minimum atomic E-state index is -0.0701. The van der Waals surface area contributed by atoms with Gasteiger partial charge in [-0.3, -0.25) is 9.59 Å². The smallest absolute Gasteiger partial charge is 0.234 e. The summed E-state index contributed by atoms with van der Waals surface area (Å²) in [5, 5.41) is 2.89. The van der Waals surface area contributed by atoms with E-state index in [-0.39, 0.29) is 11.8 Å². The summed E-state index contributed by atoms with van der Waals surface area (Å²) in [6.45, 7) is 0.767. The van der Waals surface area contributed by atoms with E-state index in [0.29, 0.717) is 12.2 Å². The molecule has 0 saturated carbocycles. The van der Waals surface area contributed by atoms with Crippen molar-refractivity contribution in [3.05, 3.63) is 48.5 Å². The molecule has 4 rings (SSSR count). The Balaban J connectivity index is 1.33. The molecule has 132 valence electrons. The van der Waals surface area contributed by atoms with Crippen LogP contribution in [0.4, 0.5) is 11.4 Å². The number of carbonyl (C=O) groups is 2. The average Bonchev–Trinajstić information content (AvgIpc) is 3.26. The third-order valence-corrected chi connectivity index (χ3v) is 6.32. The third-order valence-electron chi connectivity index (χ3n) is 4.14. The molecule has 26 heavy (non-hydrogen) atoms. The van der Waals surface area contributed by atoms with Crippen LogP contribution in [0.15, 0.2) is 52.9 Å². The zero-order chi connectivity index (χ0) is 17.9. The Kier molecular flexibility index (Phi) is 4.90. The predicted molar refractivity (Wildman–Crippen MR) is 107 cm³/mol. The van der Waals surface area contributed by atoms with Gasteiger partial charge in [0.15, 0.2) is 4.34 Å². The number of hydrogen-bond donors (Lipinski definition) is 1. The molecule has 1 aromatic heterocycles. The molecule has 7 heteroatoms. The predicted octanol–water partition coefficient (Wildman–Crippen LogP) is 4.15. The van der Waals surface area contributed by atoms with Gasteiger partial charge < -0.3 is 10.2 Å². The highest BCUT2D eigenvalue weighted by Gasteiger charge is 2.21. The van der Waals surface area contributed by atoms with E-state index in [4.69, 9.17) is 0 Å². The van der Waals surface area contributed by atoms with Gasteiger partial charge in [-0.15, -0.1) is 11.3 Å². The topological polar surface area (TPSA) is 62.3 Å². The summed E-state index contributed by atoms with van der Waals surface area (Å²) >= 11 is 3.04. The van der Waals surface area contributed by atoms with E-state index < -0.39 is 0 Å². The van der Waals surface area contributed by atoms with Crippen molar-refractivity contribution in [2.24, 2.45) is 0 Å². The molecule has 2 heterocycles. The Morgan fingerprint density at radius 2 is 2.00 bits per heavy atom. The third kappa shape index (κ3) is 3.73. The van der Waals surface area contributed by atoms with E-state index in [0.717, 1.165) is 38.9 Å². The first-order chi connectivity index (χ1) is 12.7. The molecule has 0 bridgehead atoms. The van der Waals surface area contributed by atoms with Crippen LogP contribution in [0.5, 0.6) is 0 Å². The fourth-order valence-electron chi connectivity index (χ4n) is 2.88. The highest BCUT2D eigenvalue weighted by molar-refractivity contribution is 8.01. The molecule has 1 aliphatic heterocycles. The fourth-order valence-corrected chi connectivity index (χ4v) is 4.75. The van der Waals surface area contributed by atoms with Gasteiger partial charge in [-0.05, 0) is 42.8 Å². The van der Waals surface area contributed by atoms with Crippen molar-refractivity contribution in [2.75, 3.05) is 22.5 Å². The number of rotatable bonds is 5. The van der Waals surface area contributed by atoms with Crippen molar-refractivity contribution in [1.29, 1.82) is 0 Å². The molecule has 0 radical (unpaired) electrons. The Labute approximate surface area is 159 Å². The number of nitrogens with one attached hydrogen (secondary N) is 1. The van der Waals surface area contributed by atoms with Gasteiger partial charge >= 0.3 is 0 Å². The van der Waals surface area contributed by atoms with Gasteiger partial charge in [-0.2, -0.15) is 0 Å². The molecule has 5 nitrogen and oxygen atoms in total. The summed E-state index contributed by atoms with van der Waals surface area (Å²) in [5.74, 6) is 0.403. The number of nitrogens with zero attached hydrogens (tertiary/aromatic N) is 2. The van der Waals surface area contributed by atoms with Crippen LogP contribution in [0.3, 0.4) is 0 Å². The first-order valence-corrected chi connectivity index (χ1v) is 10.2. The molecular formula is C19H17N3O2S2. The SMILES string of the molecule is O=C(CSc1nc2ccccc2s1)Nc1ccc(N2CCCC2=O)cc1. The Morgan fingerprint density at radius 1 is 1.19 bits per heavy atom. The molecule has 3 aromatic rings. The van der Waals surface area contributed by atoms with Gasteiger partial charge in [0.05, 0.1) is 16.0 Å². The van der Waals surface area contributed by atoms with Gasteiger partial charge in [-0.1, -0.05) is 23.9 Å². The molecule has 2 aromatic carbocycles. The first kappa shape index (κ1) is 17.1. The zero-order valence-electron chi connectivity index (χ0n) is 14.0. The molecule has 1 fully saturated rings. The molecule has 1 N–H and O–H groups in total. The van der Waals surface area contributed by atoms with Gasteiger partial charge in [0.25, 0.3) is 0 Å². The number of thioether (sulfide) groups is 1. The maximum absolute atomic E-state index is 12.2. The Bertz CT molecular complexity index is 920. The second-order valence-electron chi connectivity index (χ2n) is 5.98. The number of thiazole rings is 1. The maximum atomic E-state index is 12.2. The van der Waals surface area contributed by atoms with E-state index in [9.17, 15) is 9.59 Å². The quantitative estimate of drug-likeness (QED) is 0.672. The molecule has 0 unspecified atom stereocenters. The maximum Gasteiger partial charge on any atom is 0.234 e. The van der Waals surface area contributed by atoms with Crippen LogP contribution >= 0.6 is 23.1 Å². The van der Waals surface area contributed by atoms with Crippen molar-refractivity contribution in [3.63, 3.8) is 0 Å². The van der Waals surface area contributed by atoms with Crippen LogP contribution < -0.4 is 10.2 Å². The van der Waals surface area contributed by atoms with Crippen molar-refractivity contribution in [2.45, 2.75) is 17.2 Å². The van der Waals surface area contributed by atoms with Crippen LogP contribution in [0.2, 0.25) is 0 Å². The Morgan fingerprint density at radius 3 is 2.73 bits per heavy atom. The van der Waals surface area contributed by atoms with Crippen LogP contribution in [0.1, 0.15) is 12.8 Å². The van der Waals surface area contributed by atoms with E-state index in [1.807, 2.05) is 48.5 Å². The molecular weight excluding hydrogens is 366 g/mol. The van der Waals surface area contributed by atoms with Crippen LogP contribution in [0, 0.1) is 0 Å². The minimum absolute atomic E-state index is 0.0701. The summed E-state index contributed by atoms with van der Waals surface area (Å²) in [7, 11) is 0. The van der Waals surface area contributed by atoms with Gasteiger partial charge in [0.1, 0.15) is 0 Å². The average molecular weight is 383 g/mol. The first-order valence-electron chi connectivity index (χ1n) is 8.38. The second-order valence-corrected chi connectivity index (χ2v) is 8.23. The summed E-state index contributed by atoms with van der Waals surface area (Å²) in [6.07, 6.45) is 1.52. The Hall–Kier alpha value is -2.38. The van der Waals surface area contributed by atoms with E-state index in [1.54, 1.807) is 16.2 Å². The van der Waals surface area contributed by atoms with Crippen LogP contribution in [-0.4, -0.2) is 29.1 Å². The summed E-state index contributed by atoms with van der Waals surface area (Å²) in [5.41, 5.74) is 2.58. The second kappa shape index (κ2) is 7.47. The van der Waals surface area contributed by atoms with Crippen LogP contribution in [0.25, 0.3) is 10.2 Å². The largest absolute Gasteiger partial charge is 0.325 e. The lowest BCUT2D eigenvalue weighted by Crippen LogP contribution is -2.23.